The molecule has 31 heavy (non-hydrogen) atoms. The van der Waals surface area contributed by atoms with Crippen LogP contribution in [0.25, 0.3) is 0 Å². The van der Waals surface area contributed by atoms with Gasteiger partial charge in [-0.3, -0.25) is 9.10 Å². The van der Waals surface area contributed by atoms with E-state index in [-0.39, 0.29) is 21.9 Å². The summed E-state index contributed by atoms with van der Waals surface area (Å²) in [5.74, 6) is -1.00. The lowest BCUT2D eigenvalue weighted by Gasteiger charge is -2.30. The first-order valence-electron chi connectivity index (χ1n) is 9.80. The lowest BCUT2D eigenvalue weighted by Crippen LogP contribution is -2.35. The van der Waals surface area contributed by atoms with Crippen LogP contribution in [0.4, 0.5) is 15.8 Å². The highest BCUT2D eigenvalue weighted by Gasteiger charge is 2.28. The third-order valence-corrected chi connectivity index (χ3v) is 7.37. The maximum absolute atomic E-state index is 13.9. The number of amides is 1. The molecule has 0 aromatic heterocycles. The van der Waals surface area contributed by atoms with Crippen LogP contribution in [0.5, 0.6) is 0 Å². The molecule has 0 bridgehead atoms. The summed E-state index contributed by atoms with van der Waals surface area (Å²) < 4.78 is 41.7. The summed E-state index contributed by atoms with van der Waals surface area (Å²) in [4.78, 5) is 12.4. The normalized spacial score (nSPS) is 13.5. The van der Waals surface area contributed by atoms with Crippen molar-refractivity contribution in [1.82, 2.24) is 0 Å². The topological polar surface area (TPSA) is 66.5 Å². The molecule has 3 aromatic carbocycles. The van der Waals surface area contributed by atoms with Crippen molar-refractivity contribution in [2.75, 3.05) is 16.2 Å². The number of rotatable bonds is 5. The fourth-order valence-corrected chi connectivity index (χ4v) is 5.42. The number of fused-ring (bicyclic) bond motifs is 1. The van der Waals surface area contributed by atoms with Crippen LogP contribution in [0.3, 0.4) is 0 Å². The van der Waals surface area contributed by atoms with Gasteiger partial charge in [-0.2, -0.15) is 0 Å². The quantitative estimate of drug-likeness (QED) is 0.597. The second-order valence-corrected chi connectivity index (χ2v) is 9.53. The molecule has 0 saturated carbocycles. The molecular formula is C23H20ClFN2O3S. The number of para-hydroxylation sites is 1. The second-order valence-electron chi connectivity index (χ2n) is 7.26. The van der Waals surface area contributed by atoms with E-state index in [0.29, 0.717) is 17.9 Å². The first kappa shape index (κ1) is 21.3. The van der Waals surface area contributed by atoms with E-state index in [1.165, 1.54) is 46.8 Å². The molecule has 1 N–H and O–H groups in total. The van der Waals surface area contributed by atoms with Crippen LogP contribution in [-0.4, -0.2) is 20.9 Å². The molecular weight excluding hydrogens is 439 g/mol. The lowest BCUT2D eigenvalue weighted by molar-refractivity contribution is -0.115. The van der Waals surface area contributed by atoms with Gasteiger partial charge in [-0.05, 0) is 60.9 Å². The van der Waals surface area contributed by atoms with Gasteiger partial charge in [0.15, 0.2) is 0 Å². The van der Waals surface area contributed by atoms with E-state index >= 15 is 0 Å². The van der Waals surface area contributed by atoms with E-state index < -0.39 is 21.7 Å². The number of aryl methyl sites for hydroxylation is 1. The van der Waals surface area contributed by atoms with Gasteiger partial charge in [0, 0.05) is 22.8 Å². The Morgan fingerprint density at radius 3 is 2.52 bits per heavy atom. The van der Waals surface area contributed by atoms with E-state index in [2.05, 4.69) is 5.32 Å². The van der Waals surface area contributed by atoms with Gasteiger partial charge in [0.1, 0.15) is 5.82 Å². The minimum Gasteiger partial charge on any atom is -0.326 e. The molecule has 0 unspecified atom stereocenters. The number of hydrogen-bond acceptors (Lipinski definition) is 3. The molecule has 4 rings (SSSR count). The van der Waals surface area contributed by atoms with Gasteiger partial charge < -0.3 is 5.32 Å². The molecule has 0 fully saturated rings. The molecule has 1 aliphatic rings. The van der Waals surface area contributed by atoms with Crippen LogP contribution in [0.1, 0.15) is 17.5 Å². The van der Waals surface area contributed by atoms with E-state index in [1.54, 1.807) is 0 Å². The fourth-order valence-electron chi connectivity index (χ4n) is 3.65. The molecule has 1 aliphatic heterocycles. The Labute approximate surface area is 185 Å². The van der Waals surface area contributed by atoms with Crippen LogP contribution in [0.15, 0.2) is 71.6 Å². The molecule has 0 atom stereocenters. The number of hydrogen-bond donors (Lipinski definition) is 1. The van der Waals surface area contributed by atoms with Gasteiger partial charge in [0.25, 0.3) is 10.0 Å². The summed E-state index contributed by atoms with van der Waals surface area (Å²) in [5, 5.41) is 2.83. The van der Waals surface area contributed by atoms with Crippen molar-refractivity contribution in [3.8, 4) is 0 Å². The predicted molar refractivity (Wildman–Crippen MR) is 119 cm³/mol. The van der Waals surface area contributed by atoms with Crippen LogP contribution in [0, 0.1) is 5.82 Å². The number of nitrogens with one attached hydrogen (secondary N) is 1. The van der Waals surface area contributed by atoms with Crippen molar-refractivity contribution in [3.05, 3.63) is 88.7 Å². The zero-order valence-corrected chi connectivity index (χ0v) is 18.1. The summed E-state index contributed by atoms with van der Waals surface area (Å²) in [6.07, 6.45) is 1.37. The average molecular weight is 459 g/mol. The third-order valence-electron chi connectivity index (χ3n) is 5.19. The van der Waals surface area contributed by atoms with E-state index in [4.69, 9.17) is 11.6 Å². The molecule has 160 valence electrons. The first-order valence-corrected chi connectivity index (χ1v) is 11.6. The molecule has 1 amide bonds. The van der Waals surface area contributed by atoms with E-state index in [9.17, 15) is 17.6 Å². The number of halogens is 2. The largest absolute Gasteiger partial charge is 0.326 e. The van der Waals surface area contributed by atoms with Crippen LogP contribution < -0.4 is 9.62 Å². The number of sulfonamides is 1. The molecule has 3 aromatic rings. The Hall–Kier alpha value is -2.90. The van der Waals surface area contributed by atoms with Crippen molar-refractivity contribution in [1.29, 1.82) is 0 Å². The summed E-state index contributed by atoms with van der Waals surface area (Å²) in [5.41, 5.74) is 2.24. The molecule has 0 aliphatic carbocycles. The van der Waals surface area contributed by atoms with Crippen molar-refractivity contribution in [3.63, 3.8) is 0 Å². The van der Waals surface area contributed by atoms with Gasteiger partial charge in [-0.1, -0.05) is 35.9 Å². The number of benzene rings is 3. The lowest BCUT2D eigenvalue weighted by atomic mass is 10.0. The highest BCUT2D eigenvalue weighted by atomic mass is 35.5. The summed E-state index contributed by atoms with van der Waals surface area (Å²) in [6, 6.07) is 17.7. The van der Waals surface area contributed by atoms with E-state index in [1.807, 2.05) is 24.3 Å². The molecule has 0 radical (unpaired) electrons. The van der Waals surface area contributed by atoms with Gasteiger partial charge >= 0.3 is 0 Å². The maximum atomic E-state index is 13.9. The van der Waals surface area contributed by atoms with Crippen molar-refractivity contribution < 1.29 is 17.6 Å². The third kappa shape index (κ3) is 4.43. The standard InChI is InChI=1S/C23H20ClFN2O3S/c24-20-7-3-8-21(25)19(20)15-23(28)26-17-10-12-18(13-11-17)31(29,30)27-14-4-6-16-5-1-2-9-22(16)27/h1-3,5,7-13H,4,6,14-15H2,(H,26,28). The fraction of sp³-hybridized carbons (Fsp3) is 0.174. The Morgan fingerprint density at radius 2 is 1.77 bits per heavy atom. The van der Waals surface area contributed by atoms with E-state index in [0.717, 1.165) is 18.4 Å². The Morgan fingerprint density at radius 1 is 1.03 bits per heavy atom. The molecule has 8 heteroatoms. The zero-order valence-electron chi connectivity index (χ0n) is 16.5. The number of carbonyl (C=O) groups is 1. The van der Waals surface area contributed by atoms with Crippen LogP contribution in [-0.2, 0) is 27.7 Å². The first-order chi connectivity index (χ1) is 14.9. The van der Waals surface area contributed by atoms with Crippen molar-refractivity contribution in [2.24, 2.45) is 0 Å². The van der Waals surface area contributed by atoms with Gasteiger partial charge in [-0.15, -0.1) is 0 Å². The predicted octanol–water partition coefficient (Wildman–Crippen LogP) is 4.80. The molecule has 0 saturated heterocycles. The highest BCUT2D eigenvalue weighted by molar-refractivity contribution is 7.92. The number of nitrogens with zero attached hydrogens (tertiary/aromatic N) is 1. The molecule has 0 spiro atoms. The summed E-state index contributed by atoms with van der Waals surface area (Å²) in [7, 11) is -3.73. The number of carbonyl (C=O) groups excluding carboxylic acids is 1. The average Bonchev–Trinajstić information content (AvgIpc) is 2.76. The Balaban J connectivity index is 1.50. The highest BCUT2D eigenvalue weighted by Crippen LogP contribution is 2.32. The molecule has 1 heterocycles. The van der Waals surface area contributed by atoms with Gasteiger partial charge in [-0.25, -0.2) is 12.8 Å². The minimum absolute atomic E-state index is 0.115. The summed E-state index contributed by atoms with van der Waals surface area (Å²) >= 11 is 5.97. The zero-order chi connectivity index (χ0) is 22.0. The molecule has 5 nitrogen and oxygen atoms in total. The van der Waals surface area contributed by atoms with Crippen LogP contribution >= 0.6 is 11.6 Å². The van der Waals surface area contributed by atoms with Crippen molar-refractivity contribution in [2.45, 2.75) is 24.2 Å². The van der Waals surface area contributed by atoms with Gasteiger partial charge in [0.2, 0.25) is 5.91 Å². The summed E-state index contributed by atoms with van der Waals surface area (Å²) in [6.45, 7) is 0.418. The maximum Gasteiger partial charge on any atom is 0.264 e. The minimum atomic E-state index is -3.73. The Kier molecular flexibility index (Phi) is 5.98. The smallest absolute Gasteiger partial charge is 0.264 e. The van der Waals surface area contributed by atoms with Gasteiger partial charge in [0.05, 0.1) is 17.0 Å². The SMILES string of the molecule is O=C(Cc1c(F)cccc1Cl)Nc1ccc(S(=O)(=O)N2CCCc3ccccc32)cc1. The number of anilines is 2. The Bertz CT molecular complexity index is 1210. The second kappa shape index (κ2) is 8.69. The van der Waals surface area contributed by atoms with Crippen molar-refractivity contribution >= 4 is 38.9 Å². The van der Waals surface area contributed by atoms with Crippen LogP contribution in [0.2, 0.25) is 5.02 Å². The monoisotopic (exact) mass is 458 g/mol.